The number of hydrogen-bond donors (Lipinski definition) is 1. The van der Waals surface area contributed by atoms with Crippen LogP contribution in [0.5, 0.6) is 0 Å². The van der Waals surface area contributed by atoms with E-state index < -0.39 is 47.0 Å². The zero-order valence-corrected chi connectivity index (χ0v) is 20.8. The zero-order chi connectivity index (χ0) is 30.8. The zero-order valence-electron chi connectivity index (χ0n) is 20.8. The van der Waals surface area contributed by atoms with Crippen LogP contribution in [0.3, 0.4) is 0 Å². The molecular weight excluding hydrogens is 580 g/mol. The van der Waals surface area contributed by atoms with Crippen LogP contribution in [0, 0.1) is 0 Å². The Kier molecular flexibility index (Phi) is 8.94. The molecule has 1 heterocycles. The van der Waals surface area contributed by atoms with Gasteiger partial charge in [-0.1, -0.05) is 6.08 Å². The molecular formula is C27H20F12N2. The number of benzene rings is 2. The Morgan fingerprint density at radius 1 is 0.683 bits per heavy atom. The van der Waals surface area contributed by atoms with E-state index in [4.69, 9.17) is 0 Å². The van der Waals surface area contributed by atoms with E-state index in [1.165, 1.54) is 35.3 Å². The molecule has 3 aromatic rings. The van der Waals surface area contributed by atoms with Crippen molar-refractivity contribution in [2.75, 3.05) is 0 Å². The van der Waals surface area contributed by atoms with Crippen molar-refractivity contribution < 1.29 is 52.7 Å². The largest absolute Gasteiger partial charge is 0.416 e. The minimum Gasteiger partial charge on any atom is -0.387 e. The Hall–Kier alpha value is -3.84. The van der Waals surface area contributed by atoms with Crippen LogP contribution >= 0.6 is 0 Å². The van der Waals surface area contributed by atoms with Crippen molar-refractivity contribution in [3.05, 3.63) is 112 Å². The molecule has 222 valence electrons. The highest BCUT2D eigenvalue weighted by Gasteiger charge is 2.38. The third-order valence-electron chi connectivity index (χ3n) is 5.74. The molecule has 1 aromatic heterocycles. The smallest absolute Gasteiger partial charge is 0.387 e. The fraction of sp³-hybridized carbons (Fsp3) is 0.259. The van der Waals surface area contributed by atoms with Crippen molar-refractivity contribution in [2.45, 2.75) is 44.7 Å². The fourth-order valence-corrected chi connectivity index (χ4v) is 3.84. The molecule has 14 heteroatoms. The van der Waals surface area contributed by atoms with Gasteiger partial charge in [0.2, 0.25) is 0 Å². The molecule has 0 bridgehead atoms. The van der Waals surface area contributed by atoms with E-state index in [2.05, 4.69) is 5.32 Å². The second-order valence-corrected chi connectivity index (χ2v) is 8.86. The molecule has 2 aromatic carbocycles. The van der Waals surface area contributed by atoms with Crippen molar-refractivity contribution in [1.29, 1.82) is 0 Å². The van der Waals surface area contributed by atoms with E-state index in [0.717, 1.165) is 0 Å². The molecule has 0 unspecified atom stereocenters. The molecule has 2 nitrogen and oxygen atoms in total. The summed E-state index contributed by atoms with van der Waals surface area (Å²) >= 11 is 0. The van der Waals surface area contributed by atoms with Gasteiger partial charge in [-0.05, 0) is 83.9 Å². The first-order chi connectivity index (χ1) is 18.8. The Bertz CT molecular complexity index is 1350. The van der Waals surface area contributed by atoms with E-state index in [-0.39, 0.29) is 36.3 Å². The van der Waals surface area contributed by atoms with Gasteiger partial charge < -0.3 is 9.88 Å². The Labute approximate surface area is 225 Å². The topological polar surface area (TPSA) is 17.0 Å². The van der Waals surface area contributed by atoms with Crippen molar-refractivity contribution in [3.8, 4) is 0 Å². The Morgan fingerprint density at radius 2 is 1.12 bits per heavy atom. The van der Waals surface area contributed by atoms with E-state index in [1.54, 1.807) is 13.0 Å². The lowest BCUT2D eigenvalue weighted by atomic mass is 10.0. The number of aromatic nitrogens is 1. The van der Waals surface area contributed by atoms with Crippen molar-refractivity contribution in [2.24, 2.45) is 0 Å². The van der Waals surface area contributed by atoms with Gasteiger partial charge in [0, 0.05) is 25.5 Å². The van der Waals surface area contributed by atoms with E-state index >= 15 is 0 Å². The van der Waals surface area contributed by atoms with Crippen LogP contribution in [0.1, 0.15) is 45.9 Å². The van der Waals surface area contributed by atoms with Crippen LogP contribution < -0.4 is 5.32 Å². The fourth-order valence-electron chi connectivity index (χ4n) is 3.84. The van der Waals surface area contributed by atoms with Gasteiger partial charge in [-0.2, -0.15) is 52.7 Å². The first-order valence-electron chi connectivity index (χ1n) is 11.6. The van der Waals surface area contributed by atoms with Crippen molar-refractivity contribution in [3.63, 3.8) is 0 Å². The second kappa shape index (κ2) is 11.6. The van der Waals surface area contributed by atoms with E-state index in [1.807, 2.05) is 0 Å². The number of nitrogens with one attached hydrogen (secondary N) is 1. The lowest BCUT2D eigenvalue weighted by Crippen LogP contribution is -2.13. The predicted octanol–water partition coefficient (Wildman–Crippen LogP) is 9.32. The number of rotatable bonds is 7. The van der Waals surface area contributed by atoms with E-state index in [0.29, 0.717) is 35.4 Å². The number of allylic oxidation sites excluding steroid dienone is 3. The third-order valence-corrected chi connectivity index (χ3v) is 5.74. The summed E-state index contributed by atoms with van der Waals surface area (Å²) in [4.78, 5) is 0. The van der Waals surface area contributed by atoms with Gasteiger partial charge in [0.05, 0.1) is 22.3 Å². The lowest BCUT2D eigenvalue weighted by molar-refractivity contribution is -0.144. The highest BCUT2D eigenvalue weighted by atomic mass is 19.4. The maximum absolute atomic E-state index is 13.1. The maximum atomic E-state index is 13.1. The Balaban J connectivity index is 1.75. The summed E-state index contributed by atoms with van der Waals surface area (Å²) in [6.07, 6.45) is -12.8. The summed E-state index contributed by atoms with van der Waals surface area (Å²) in [6.45, 7) is 0.920. The molecule has 0 aliphatic rings. The minimum absolute atomic E-state index is 0.0191. The van der Waals surface area contributed by atoms with Gasteiger partial charge in [-0.25, -0.2) is 0 Å². The number of alkyl halides is 12. The lowest BCUT2D eigenvalue weighted by Gasteiger charge is -2.14. The molecule has 0 aliphatic heterocycles. The van der Waals surface area contributed by atoms with Crippen LogP contribution in [0.25, 0.3) is 5.57 Å². The molecule has 1 N–H and O–H groups in total. The molecule has 0 spiro atoms. The molecule has 0 fully saturated rings. The first kappa shape index (κ1) is 31.7. The quantitative estimate of drug-likeness (QED) is 0.211. The van der Waals surface area contributed by atoms with Gasteiger partial charge in [0.25, 0.3) is 0 Å². The molecule has 0 atom stereocenters. The molecule has 41 heavy (non-hydrogen) atoms. The standard InChI is InChI=1S/C27H20F12N2/c1-2-18(3-5-40-13-16-7-20(24(28,29)30)11-21(8-16)25(31,32)33)19-4-6-41(15-19)14-17-9-22(26(34,35)36)12-23(10-17)27(37,38)39/h2-12,15,40H,13-14H2,1H3. The molecule has 0 saturated carbocycles. The number of nitrogens with zero attached hydrogens (tertiary/aromatic N) is 1. The van der Waals surface area contributed by atoms with Crippen LogP contribution in [-0.4, -0.2) is 4.57 Å². The summed E-state index contributed by atoms with van der Waals surface area (Å²) < 4.78 is 158. The monoisotopic (exact) mass is 600 g/mol. The van der Waals surface area contributed by atoms with Crippen LogP contribution in [0.2, 0.25) is 0 Å². The minimum atomic E-state index is -4.99. The predicted molar refractivity (Wildman–Crippen MR) is 126 cm³/mol. The Morgan fingerprint density at radius 3 is 1.54 bits per heavy atom. The normalized spacial score (nSPS) is 13.7. The van der Waals surface area contributed by atoms with Gasteiger partial charge in [0.15, 0.2) is 0 Å². The average molecular weight is 600 g/mol. The highest BCUT2D eigenvalue weighted by Crippen LogP contribution is 2.38. The average Bonchev–Trinajstić information content (AvgIpc) is 3.29. The summed E-state index contributed by atoms with van der Waals surface area (Å²) in [5.74, 6) is 0. The van der Waals surface area contributed by atoms with Crippen molar-refractivity contribution >= 4 is 5.57 Å². The SMILES string of the molecule is CC=C(C=CNCc1cc(C(F)(F)F)cc(C(F)(F)F)c1)c1ccn(Cc2cc(C(F)(F)F)cc(C(F)(F)F)c2)c1. The molecule has 3 rings (SSSR count). The van der Waals surface area contributed by atoms with Crippen LogP contribution in [0.15, 0.2) is 73.2 Å². The molecule has 0 radical (unpaired) electrons. The molecule has 0 saturated heterocycles. The summed E-state index contributed by atoms with van der Waals surface area (Å²) in [5.41, 5.74) is -5.32. The van der Waals surface area contributed by atoms with Gasteiger partial charge in [-0.15, -0.1) is 0 Å². The van der Waals surface area contributed by atoms with Crippen LogP contribution in [-0.2, 0) is 37.8 Å². The number of halogens is 12. The summed E-state index contributed by atoms with van der Waals surface area (Å²) in [6, 6.07) is 3.99. The molecule has 0 amide bonds. The summed E-state index contributed by atoms with van der Waals surface area (Å²) in [7, 11) is 0. The van der Waals surface area contributed by atoms with Gasteiger partial charge in [0.1, 0.15) is 0 Å². The second-order valence-electron chi connectivity index (χ2n) is 8.86. The third kappa shape index (κ3) is 8.57. The van der Waals surface area contributed by atoms with Crippen molar-refractivity contribution in [1.82, 2.24) is 9.88 Å². The highest BCUT2D eigenvalue weighted by molar-refractivity contribution is 5.73. The van der Waals surface area contributed by atoms with Crippen LogP contribution in [0.4, 0.5) is 52.7 Å². The maximum Gasteiger partial charge on any atom is 0.416 e. The number of hydrogen-bond acceptors (Lipinski definition) is 1. The van der Waals surface area contributed by atoms with Gasteiger partial charge >= 0.3 is 24.7 Å². The van der Waals surface area contributed by atoms with E-state index in [9.17, 15) is 52.7 Å². The summed E-state index contributed by atoms with van der Waals surface area (Å²) in [5, 5.41) is 2.60. The van der Waals surface area contributed by atoms with Gasteiger partial charge in [-0.3, -0.25) is 0 Å². The first-order valence-corrected chi connectivity index (χ1v) is 11.6. The molecule has 0 aliphatic carbocycles.